The van der Waals surface area contributed by atoms with Crippen LogP contribution in [0.4, 0.5) is 0 Å². The first-order valence-corrected chi connectivity index (χ1v) is 7.98. The van der Waals surface area contributed by atoms with Crippen molar-refractivity contribution in [3.63, 3.8) is 0 Å². The molecule has 0 aliphatic rings. The molecule has 0 amide bonds. The minimum atomic E-state index is -0.619. The lowest BCUT2D eigenvalue weighted by Crippen LogP contribution is -2.53. The molecule has 0 aliphatic heterocycles. The van der Waals surface area contributed by atoms with E-state index >= 15 is 0 Å². The second-order valence-corrected chi connectivity index (χ2v) is 7.83. The van der Waals surface area contributed by atoms with Crippen molar-refractivity contribution in [3.8, 4) is 0 Å². The molecule has 1 N–H and O–H groups in total. The summed E-state index contributed by atoms with van der Waals surface area (Å²) < 4.78 is 5.59. The highest BCUT2D eigenvalue weighted by molar-refractivity contribution is 5.79. The second kappa shape index (κ2) is 8.14. The van der Waals surface area contributed by atoms with Crippen LogP contribution in [0.3, 0.4) is 0 Å². The fourth-order valence-electron chi connectivity index (χ4n) is 3.42. The van der Waals surface area contributed by atoms with E-state index < -0.39 is 5.41 Å². The van der Waals surface area contributed by atoms with Crippen molar-refractivity contribution in [1.29, 1.82) is 0 Å². The summed E-state index contributed by atoms with van der Waals surface area (Å²) in [5.41, 5.74) is -1.11. The Bertz CT molecular complexity index is 296. The Morgan fingerprint density at radius 1 is 0.952 bits per heavy atom. The summed E-state index contributed by atoms with van der Waals surface area (Å²) in [7, 11) is 0. The van der Waals surface area contributed by atoms with Crippen molar-refractivity contribution < 1.29 is 19.7 Å². The van der Waals surface area contributed by atoms with Crippen LogP contribution in [0.2, 0.25) is 0 Å². The Labute approximate surface area is 130 Å². The molecule has 0 saturated heterocycles. The van der Waals surface area contributed by atoms with Gasteiger partial charge < -0.3 is 4.74 Å². The molecule has 4 heteroatoms. The first-order chi connectivity index (χ1) is 9.54. The monoisotopic (exact) mass is 302 g/mol. The van der Waals surface area contributed by atoms with Gasteiger partial charge in [0.05, 0.1) is 18.6 Å². The number of carbonyl (C=O) groups is 1. The van der Waals surface area contributed by atoms with Crippen molar-refractivity contribution >= 4 is 5.97 Å². The summed E-state index contributed by atoms with van der Waals surface area (Å²) in [6.07, 6.45) is 3.14. The van der Waals surface area contributed by atoms with Crippen LogP contribution in [0, 0.1) is 16.2 Å². The number of esters is 1. The van der Waals surface area contributed by atoms with Gasteiger partial charge in [-0.3, -0.25) is 10.1 Å². The second-order valence-electron chi connectivity index (χ2n) is 7.83. The molecule has 0 aromatic carbocycles. The van der Waals surface area contributed by atoms with Crippen LogP contribution >= 0.6 is 0 Å². The molecule has 0 radical (unpaired) electrons. The van der Waals surface area contributed by atoms with Crippen LogP contribution in [0.5, 0.6) is 0 Å². The van der Waals surface area contributed by atoms with Gasteiger partial charge in [0, 0.05) is 0 Å². The lowest BCUT2D eigenvalue weighted by atomic mass is 9.52. The molecule has 0 unspecified atom stereocenters. The average molecular weight is 302 g/mol. The maximum absolute atomic E-state index is 12.9. The first kappa shape index (κ1) is 20.4. The Morgan fingerprint density at radius 2 is 1.48 bits per heavy atom. The Morgan fingerprint density at radius 3 is 1.86 bits per heavy atom. The van der Waals surface area contributed by atoms with E-state index in [9.17, 15) is 4.79 Å². The van der Waals surface area contributed by atoms with Crippen LogP contribution in [-0.4, -0.2) is 24.4 Å². The molecule has 0 saturated carbocycles. The zero-order chi connectivity index (χ0) is 16.7. The number of hydrogen-bond acceptors (Lipinski definition) is 4. The van der Waals surface area contributed by atoms with Crippen LogP contribution in [0.25, 0.3) is 0 Å². The van der Waals surface area contributed by atoms with Crippen LogP contribution < -0.4 is 0 Å². The Hall–Kier alpha value is -0.610. The van der Waals surface area contributed by atoms with E-state index in [4.69, 9.17) is 9.99 Å². The van der Waals surface area contributed by atoms with Crippen LogP contribution in [0.15, 0.2) is 0 Å². The zero-order valence-electron chi connectivity index (χ0n) is 14.9. The maximum atomic E-state index is 12.9. The van der Waals surface area contributed by atoms with E-state index in [1.807, 2.05) is 0 Å². The summed E-state index contributed by atoms with van der Waals surface area (Å²) in [5, 5.41) is 8.56. The minimum Gasteiger partial charge on any atom is -0.465 e. The zero-order valence-corrected chi connectivity index (χ0v) is 14.9. The molecule has 0 aromatic heterocycles. The third kappa shape index (κ3) is 4.96. The van der Waals surface area contributed by atoms with E-state index in [0.717, 1.165) is 12.8 Å². The van der Waals surface area contributed by atoms with Crippen LogP contribution in [-0.2, 0) is 14.4 Å². The molecule has 126 valence electrons. The summed E-state index contributed by atoms with van der Waals surface area (Å²) >= 11 is 0. The molecular weight excluding hydrogens is 268 g/mol. The van der Waals surface area contributed by atoms with Gasteiger partial charge in [0.15, 0.2) is 0 Å². The standard InChI is InChI=1S/C17H34O4/c1-8-9-12-20-14(18)17(15(2,3)4,16(5,6)7)11-10-13-21-19/h19H,8-13H2,1-7H3. The lowest BCUT2D eigenvalue weighted by molar-refractivity contribution is -0.245. The van der Waals surface area contributed by atoms with Gasteiger partial charge in [0.25, 0.3) is 0 Å². The molecule has 0 aromatic rings. The fraction of sp³-hybridized carbons (Fsp3) is 0.941. The molecule has 0 aliphatic carbocycles. The largest absolute Gasteiger partial charge is 0.465 e. The topological polar surface area (TPSA) is 55.8 Å². The number of ether oxygens (including phenoxy) is 1. The quantitative estimate of drug-likeness (QED) is 0.306. The van der Waals surface area contributed by atoms with Crippen molar-refractivity contribution in [1.82, 2.24) is 0 Å². The predicted molar refractivity (Wildman–Crippen MR) is 85.0 cm³/mol. The van der Waals surface area contributed by atoms with Crippen molar-refractivity contribution in [3.05, 3.63) is 0 Å². The predicted octanol–water partition coefficient (Wildman–Crippen LogP) is 4.68. The lowest BCUT2D eigenvalue weighted by Gasteiger charge is -2.51. The molecule has 0 atom stereocenters. The van der Waals surface area contributed by atoms with Gasteiger partial charge in [-0.2, -0.15) is 0 Å². The highest BCUT2D eigenvalue weighted by Gasteiger charge is 2.56. The van der Waals surface area contributed by atoms with E-state index in [-0.39, 0.29) is 23.4 Å². The molecule has 0 rings (SSSR count). The minimum absolute atomic E-state index is 0.131. The molecule has 21 heavy (non-hydrogen) atoms. The molecule has 0 heterocycles. The van der Waals surface area contributed by atoms with Crippen molar-refractivity contribution in [2.45, 2.75) is 74.1 Å². The van der Waals surface area contributed by atoms with Gasteiger partial charge in [0.2, 0.25) is 0 Å². The number of hydrogen-bond donors (Lipinski definition) is 1. The van der Waals surface area contributed by atoms with Gasteiger partial charge in [-0.25, -0.2) is 4.89 Å². The fourth-order valence-corrected chi connectivity index (χ4v) is 3.42. The summed E-state index contributed by atoms with van der Waals surface area (Å²) in [5.74, 6) is -0.131. The number of rotatable bonds is 8. The smallest absolute Gasteiger partial charge is 0.313 e. The van der Waals surface area contributed by atoms with Gasteiger partial charge in [-0.05, 0) is 30.1 Å². The third-order valence-electron chi connectivity index (χ3n) is 4.43. The Kier molecular flexibility index (Phi) is 7.90. The molecular formula is C17H34O4. The Balaban J connectivity index is 5.42. The van der Waals surface area contributed by atoms with Crippen molar-refractivity contribution in [2.24, 2.45) is 16.2 Å². The van der Waals surface area contributed by atoms with E-state index in [2.05, 4.69) is 53.4 Å². The van der Waals surface area contributed by atoms with Crippen molar-refractivity contribution in [2.75, 3.05) is 13.2 Å². The summed E-state index contributed by atoms with van der Waals surface area (Å²) in [6, 6.07) is 0. The number of carbonyl (C=O) groups excluding carboxylic acids is 1. The maximum Gasteiger partial charge on any atom is 0.313 e. The highest BCUT2D eigenvalue weighted by atomic mass is 17.1. The SMILES string of the molecule is CCCCOC(=O)C(CCCOO)(C(C)(C)C)C(C)(C)C. The number of unbranched alkanes of at least 4 members (excludes halogenated alkanes) is 1. The average Bonchev–Trinajstić information content (AvgIpc) is 2.31. The third-order valence-corrected chi connectivity index (χ3v) is 4.43. The van der Waals surface area contributed by atoms with E-state index in [1.54, 1.807) is 0 Å². The van der Waals surface area contributed by atoms with Gasteiger partial charge in [-0.15, -0.1) is 0 Å². The van der Waals surface area contributed by atoms with E-state index in [1.165, 1.54) is 0 Å². The molecule has 0 bridgehead atoms. The molecule has 0 fully saturated rings. The van der Waals surface area contributed by atoms with E-state index in [0.29, 0.717) is 19.4 Å². The normalized spacial score (nSPS) is 13.3. The summed E-state index contributed by atoms with van der Waals surface area (Å²) in [6.45, 7) is 15.3. The highest BCUT2D eigenvalue weighted by Crippen LogP contribution is 2.55. The van der Waals surface area contributed by atoms with Gasteiger partial charge in [0.1, 0.15) is 0 Å². The van der Waals surface area contributed by atoms with Gasteiger partial charge >= 0.3 is 5.97 Å². The molecule has 0 spiro atoms. The first-order valence-electron chi connectivity index (χ1n) is 7.98. The molecule has 4 nitrogen and oxygen atoms in total. The van der Waals surface area contributed by atoms with Crippen LogP contribution in [0.1, 0.15) is 74.1 Å². The summed E-state index contributed by atoms with van der Waals surface area (Å²) in [4.78, 5) is 17.1. The van der Waals surface area contributed by atoms with Gasteiger partial charge in [-0.1, -0.05) is 54.9 Å².